The van der Waals surface area contributed by atoms with E-state index < -0.39 is 0 Å². The van der Waals surface area contributed by atoms with Crippen molar-refractivity contribution in [1.82, 2.24) is 0 Å². The van der Waals surface area contributed by atoms with Gasteiger partial charge in [-0.1, -0.05) is 88.4 Å². The van der Waals surface area contributed by atoms with E-state index in [4.69, 9.17) is 0 Å². The fourth-order valence-electron chi connectivity index (χ4n) is 4.16. The number of hydrogen-bond acceptors (Lipinski definition) is 1. The van der Waals surface area contributed by atoms with Crippen LogP contribution >= 0.6 is 0 Å². The van der Waals surface area contributed by atoms with Crippen LogP contribution in [0.2, 0.25) is 0 Å². The van der Waals surface area contributed by atoms with E-state index in [0.29, 0.717) is 29.6 Å². The summed E-state index contributed by atoms with van der Waals surface area (Å²) in [4.78, 5) is 0. The quantitative estimate of drug-likeness (QED) is 0.508. The minimum absolute atomic E-state index is 0.275. The molecule has 0 radical (unpaired) electrons. The highest BCUT2D eigenvalue weighted by Gasteiger charge is 2.24. The summed E-state index contributed by atoms with van der Waals surface area (Å²) in [5.74, 6) is 2.61. The van der Waals surface area contributed by atoms with Crippen LogP contribution in [0.1, 0.15) is 69.9 Å². The molecule has 2 rings (SSSR count). The number of hydrogen-bond donors (Lipinski definition) is 1. The molecular formula is C25H36O. The van der Waals surface area contributed by atoms with Crippen molar-refractivity contribution in [2.24, 2.45) is 17.8 Å². The lowest BCUT2D eigenvalue weighted by atomic mass is 9.76. The van der Waals surface area contributed by atoms with Gasteiger partial charge in [0.1, 0.15) is 0 Å². The maximum Gasteiger partial charge on any atom is 0.0459 e. The molecule has 0 aliphatic rings. The van der Waals surface area contributed by atoms with Gasteiger partial charge in [0.15, 0.2) is 0 Å². The van der Waals surface area contributed by atoms with Crippen LogP contribution in [0.3, 0.4) is 0 Å². The highest BCUT2D eigenvalue weighted by molar-refractivity contribution is 5.21. The first-order valence-corrected chi connectivity index (χ1v) is 10.2. The number of rotatable bonds is 10. The third kappa shape index (κ3) is 6.29. The minimum Gasteiger partial charge on any atom is -0.396 e. The number of aliphatic hydroxyl groups is 1. The van der Waals surface area contributed by atoms with E-state index in [-0.39, 0.29) is 6.61 Å². The van der Waals surface area contributed by atoms with Crippen LogP contribution in [0.4, 0.5) is 0 Å². The van der Waals surface area contributed by atoms with Gasteiger partial charge < -0.3 is 5.11 Å². The van der Waals surface area contributed by atoms with E-state index in [1.54, 1.807) is 0 Å². The lowest BCUT2D eigenvalue weighted by Gasteiger charge is -2.29. The lowest BCUT2D eigenvalue weighted by molar-refractivity contribution is 0.184. The molecule has 0 amide bonds. The fourth-order valence-corrected chi connectivity index (χ4v) is 4.16. The second kappa shape index (κ2) is 10.5. The molecule has 0 fully saturated rings. The molecule has 1 heteroatoms. The zero-order valence-corrected chi connectivity index (χ0v) is 16.9. The molecule has 0 heterocycles. The van der Waals surface area contributed by atoms with Crippen LogP contribution in [0.15, 0.2) is 60.7 Å². The van der Waals surface area contributed by atoms with Gasteiger partial charge in [-0.05, 0) is 60.0 Å². The average Bonchev–Trinajstić information content (AvgIpc) is 2.65. The number of aliphatic hydroxyl groups excluding tert-OH is 1. The van der Waals surface area contributed by atoms with Crippen molar-refractivity contribution < 1.29 is 5.11 Å². The second-order valence-corrected chi connectivity index (χ2v) is 8.52. The first kappa shape index (κ1) is 20.7. The van der Waals surface area contributed by atoms with Gasteiger partial charge in [-0.2, -0.15) is 0 Å². The Hall–Kier alpha value is -1.60. The van der Waals surface area contributed by atoms with Gasteiger partial charge in [-0.25, -0.2) is 0 Å². The van der Waals surface area contributed by atoms with E-state index in [1.807, 2.05) is 0 Å². The Bertz CT molecular complexity index is 603. The summed E-state index contributed by atoms with van der Waals surface area (Å²) >= 11 is 0. The Morgan fingerprint density at radius 3 is 1.69 bits per heavy atom. The normalized spacial score (nSPS) is 15.2. The third-order valence-electron chi connectivity index (χ3n) is 5.52. The topological polar surface area (TPSA) is 20.2 Å². The zero-order chi connectivity index (χ0) is 18.9. The van der Waals surface area contributed by atoms with Crippen molar-refractivity contribution in [1.29, 1.82) is 0 Å². The van der Waals surface area contributed by atoms with Crippen molar-refractivity contribution in [3.8, 4) is 0 Å². The van der Waals surface area contributed by atoms with Crippen LogP contribution in [-0.2, 0) is 0 Å². The summed E-state index contributed by atoms with van der Waals surface area (Å²) in [6.07, 6.45) is 3.30. The van der Waals surface area contributed by atoms with Crippen molar-refractivity contribution in [2.45, 2.75) is 58.8 Å². The first-order valence-electron chi connectivity index (χ1n) is 10.2. The molecule has 0 saturated heterocycles. The SMILES string of the molecule is CC(C)CC(CC(CO)CC(c1ccccc1)C(C)C)c1ccccc1. The summed E-state index contributed by atoms with van der Waals surface area (Å²) in [5.41, 5.74) is 2.82. The summed E-state index contributed by atoms with van der Waals surface area (Å²) in [5, 5.41) is 10.1. The smallest absolute Gasteiger partial charge is 0.0459 e. The van der Waals surface area contributed by atoms with Gasteiger partial charge in [0.2, 0.25) is 0 Å². The van der Waals surface area contributed by atoms with E-state index >= 15 is 0 Å². The molecule has 0 aliphatic heterocycles. The minimum atomic E-state index is 0.275. The molecule has 1 N–H and O–H groups in total. The van der Waals surface area contributed by atoms with Crippen molar-refractivity contribution in [2.75, 3.05) is 6.61 Å². The maximum atomic E-state index is 10.1. The summed E-state index contributed by atoms with van der Waals surface area (Å²) < 4.78 is 0. The Labute approximate surface area is 160 Å². The highest BCUT2D eigenvalue weighted by atomic mass is 16.3. The van der Waals surface area contributed by atoms with Gasteiger partial charge in [0.25, 0.3) is 0 Å². The fraction of sp³-hybridized carbons (Fsp3) is 0.520. The predicted molar refractivity (Wildman–Crippen MR) is 112 cm³/mol. The molecule has 2 aromatic rings. The van der Waals surface area contributed by atoms with Crippen molar-refractivity contribution >= 4 is 0 Å². The average molecular weight is 353 g/mol. The van der Waals surface area contributed by atoms with Crippen LogP contribution in [0, 0.1) is 17.8 Å². The Morgan fingerprint density at radius 2 is 1.23 bits per heavy atom. The highest BCUT2D eigenvalue weighted by Crippen LogP contribution is 2.37. The third-order valence-corrected chi connectivity index (χ3v) is 5.52. The lowest BCUT2D eigenvalue weighted by Crippen LogP contribution is -2.19. The molecular weight excluding hydrogens is 316 g/mol. The van der Waals surface area contributed by atoms with Crippen LogP contribution < -0.4 is 0 Å². The van der Waals surface area contributed by atoms with E-state index in [2.05, 4.69) is 88.4 Å². The van der Waals surface area contributed by atoms with Crippen molar-refractivity contribution in [3.63, 3.8) is 0 Å². The molecule has 0 aromatic heterocycles. The monoisotopic (exact) mass is 352 g/mol. The van der Waals surface area contributed by atoms with E-state index in [0.717, 1.165) is 12.8 Å². The summed E-state index contributed by atoms with van der Waals surface area (Å²) in [7, 11) is 0. The van der Waals surface area contributed by atoms with E-state index in [9.17, 15) is 5.11 Å². The van der Waals surface area contributed by atoms with Gasteiger partial charge in [-0.15, -0.1) is 0 Å². The van der Waals surface area contributed by atoms with Gasteiger partial charge in [0.05, 0.1) is 0 Å². The zero-order valence-electron chi connectivity index (χ0n) is 16.9. The predicted octanol–water partition coefficient (Wildman–Crippen LogP) is 6.64. The molecule has 0 spiro atoms. The van der Waals surface area contributed by atoms with Crippen LogP contribution in [-0.4, -0.2) is 11.7 Å². The van der Waals surface area contributed by atoms with Gasteiger partial charge >= 0.3 is 0 Å². The molecule has 0 bridgehead atoms. The molecule has 3 unspecified atom stereocenters. The molecule has 1 nitrogen and oxygen atoms in total. The molecule has 2 aromatic carbocycles. The molecule has 0 saturated carbocycles. The molecule has 142 valence electrons. The Balaban J connectivity index is 2.14. The number of benzene rings is 2. The van der Waals surface area contributed by atoms with E-state index in [1.165, 1.54) is 17.5 Å². The maximum absolute atomic E-state index is 10.1. The van der Waals surface area contributed by atoms with Gasteiger partial charge in [0, 0.05) is 6.61 Å². The standard InChI is InChI=1S/C25H36O/c1-19(2)15-24(22-11-7-5-8-12-22)16-21(18-26)17-25(20(3)4)23-13-9-6-10-14-23/h5-14,19-21,24-26H,15-18H2,1-4H3. The molecule has 0 aliphatic carbocycles. The summed E-state index contributed by atoms with van der Waals surface area (Å²) in [6, 6.07) is 21.7. The first-order chi connectivity index (χ1) is 12.5. The Kier molecular flexibility index (Phi) is 8.38. The van der Waals surface area contributed by atoms with Crippen LogP contribution in [0.25, 0.3) is 0 Å². The van der Waals surface area contributed by atoms with Crippen LogP contribution in [0.5, 0.6) is 0 Å². The second-order valence-electron chi connectivity index (χ2n) is 8.52. The van der Waals surface area contributed by atoms with Gasteiger partial charge in [-0.3, -0.25) is 0 Å². The van der Waals surface area contributed by atoms with Crippen molar-refractivity contribution in [3.05, 3.63) is 71.8 Å². The summed E-state index contributed by atoms with van der Waals surface area (Å²) in [6.45, 7) is 9.47. The Morgan fingerprint density at radius 1 is 0.692 bits per heavy atom. The largest absolute Gasteiger partial charge is 0.396 e. The molecule has 3 atom stereocenters. The molecule has 26 heavy (non-hydrogen) atoms.